The summed E-state index contributed by atoms with van der Waals surface area (Å²) in [5.41, 5.74) is 4.28. The molecule has 1 heterocycles. The van der Waals surface area contributed by atoms with Crippen LogP contribution in [0.25, 0.3) is 22.2 Å². The summed E-state index contributed by atoms with van der Waals surface area (Å²) in [4.78, 5) is 17.7. The Morgan fingerprint density at radius 1 is 1.12 bits per heavy atom. The Labute approximate surface area is 146 Å². The van der Waals surface area contributed by atoms with Crippen LogP contribution in [0.4, 0.5) is 0 Å². The minimum absolute atomic E-state index is 0.00615. The lowest BCUT2D eigenvalue weighted by atomic mass is 9.97. The van der Waals surface area contributed by atoms with Crippen molar-refractivity contribution >= 4 is 16.8 Å². The molecule has 1 amide bonds. The number of nitrogens with one attached hydrogen (secondary N) is 1. The summed E-state index contributed by atoms with van der Waals surface area (Å²) in [6.07, 6.45) is 2.14. The fourth-order valence-corrected chi connectivity index (χ4v) is 3.12. The smallest absolute Gasteiger partial charge is 0.252 e. The van der Waals surface area contributed by atoms with Gasteiger partial charge in [0.25, 0.3) is 5.91 Å². The molecular weight excluding hydrogens is 312 g/mol. The van der Waals surface area contributed by atoms with E-state index in [2.05, 4.69) is 5.32 Å². The maximum Gasteiger partial charge on any atom is 0.252 e. The van der Waals surface area contributed by atoms with Crippen LogP contribution in [-0.2, 0) is 0 Å². The van der Waals surface area contributed by atoms with Gasteiger partial charge in [-0.05, 0) is 55.7 Å². The molecule has 0 aliphatic heterocycles. The summed E-state index contributed by atoms with van der Waals surface area (Å²) in [6, 6.07) is 15.9. The molecular formula is C21H20N2O2. The van der Waals surface area contributed by atoms with Crippen LogP contribution >= 0.6 is 0 Å². The zero-order valence-electron chi connectivity index (χ0n) is 14.4. The molecule has 1 saturated carbocycles. The number of hydrogen-bond acceptors (Lipinski definition) is 3. The number of carbonyl (C=O) groups excluding carboxylic acids is 1. The summed E-state index contributed by atoms with van der Waals surface area (Å²) in [7, 11) is 1.65. The minimum Gasteiger partial charge on any atom is -0.497 e. The van der Waals surface area contributed by atoms with Gasteiger partial charge in [0.1, 0.15) is 5.75 Å². The third-order valence-corrected chi connectivity index (χ3v) is 4.64. The SMILES string of the molecule is COc1ccc(-c2nc3ccccc3c(C(=O)NC3CC3)c2C)cc1. The first-order valence-corrected chi connectivity index (χ1v) is 8.52. The molecule has 0 saturated heterocycles. The third kappa shape index (κ3) is 2.95. The zero-order valence-corrected chi connectivity index (χ0v) is 14.4. The van der Waals surface area contributed by atoms with Crippen LogP contribution in [0.2, 0.25) is 0 Å². The van der Waals surface area contributed by atoms with Crippen LogP contribution in [0.1, 0.15) is 28.8 Å². The van der Waals surface area contributed by atoms with Gasteiger partial charge in [0.2, 0.25) is 0 Å². The van der Waals surface area contributed by atoms with Gasteiger partial charge in [0, 0.05) is 17.0 Å². The van der Waals surface area contributed by atoms with Crippen LogP contribution in [0.5, 0.6) is 5.75 Å². The maximum absolute atomic E-state index is 12.9. The van der Waals surface area contributed by atoms with Gasteiger partial charge in [-0.25, -0.2) is 4.98 Å². The molecule has 25 heavy (non-hydrogen) atoms. The molecule has 1 N–H and O–H groups in total. The highest BCUT2D eigenvalue weighted by Gasteiger charge is 2.26. The number of benzene rings is 2. The summed E-state index contributed by atoms with van der Waals surface area (Å²) >= 11 is 0. The number of ether oxygens (including phenoxy) is 1. The number of carbonyl (C=O) groups is 1. The average molecular weight is 332 g/mol. The van der Waals surface area contributed by atoms with Gasteiger partial charge in [0.15, 0.2) is 0 Å². The van der Waals surface area contributed by atoms with Gasteiger partial charge >= 0.3 is 0 Å². The van der Waals surface area contributed by atoms with Crippen molar-refractivity contribution in [2.24, 2.45) is 0 Å². The second kappa shape index (κ2) is 6.20. The molecule has 4 heteroatoms. The Morgan fingerprint density at radius 2 is 1.84 bits per heavy atom. The molecule has 0 unspecified atom stereocenters. The number of methoxy groups -OCH3 is 1. The molecule has 0 bridgehead atoms. The predicted molar refractivity (Wildman–Crippen MR) is 99.0 cm³/mol. The maximum atomic E-state index is 12.9. The lowest BCUT2D eigenvalue weighted by Gasteiger charge is -2.15. The molecule has 0 spiro atoms. The highest BCUT2D eigenvalue weighted by molar-refractivity contribution is 6.09. The van der Waals surface area contributed by atoms with Crippen molar-refractivity contribution in [3.05, 3.63) is 59.7 Å². The Morgan fingerprint density at radius 3 is 2.52 bits per heavy atom. The van der Waals surface area contributed by atoms with Crippen molar-refractivity contribution in [2.75, 3.05) is 7.11 Å². The van der Waals surface area contributed by atoms with E-state index < -0.39 is 0 Å². The predicted octanol–water partition coefficient (Wildman–Crippen LogP) is 4.11. The Balaban J connectivity index is 1.89. The normalized spacial score (nSPS) is 13.7. The van der Waals surface area contributed by atoms with Crippen LogP contribution < -0.4 is 10.1 Å². The number of para-hydroxylation sites is 1. The molecule has 0 atom stereocenters. The number of nitrogens with zero attached hydrogens (tertiary/aromatic N) is 1. The quantitative estimate of drug-likeness (QED) is 0.782. The first kappa shape index (κ1) is 15.6. The van der Waals surface area contributed by atoms with E-state index in [1.54, 1.807) is 7.11 Å². The lowest BCUT2D eigenvalue weighted by Crippen LogP contribution is -2.26. The van der Waals surface area contributed by atoms with Crippen LogP contribution in [0.15, 0.2) is 48.5 Å². The molecule has 1 fully saturated rings. The van der Waals surface area contributed by atoms with E-state index >= 15 is 0 Å². The molecule has 1 aromatic heterocycles. The molecule has 2 aromatic carbocycles. The van der Waals surface area contributed by atoms with Gasteiger partial charge in [-0.15, -0.1) is 0 Å². The summed E-state index contributed by atoms with van der Waals surface area (Å²) in [6.45, 7) is 1.97. The van der Waals surface area contributed by atoms with Crippen molar-refractivity contribution in [1.82, 2.24) is 10.3 Å². The van der Waals surface area contributed by atoms with Gasteiger partial charge in [-0.1, -0.05) is 18.2 Å². The van der Waals surface area contributed by atoms with E-state index in [0.29, 0.717) is 6.04 Å². The van der Waals surface area contributed by atoms with Gasteiger partial charge < -0.3 is 10.1 Å². The number of hydrogen-bond donors (Lipinski definition) is 1. The Kier molecular flexibility index (Phi) is 3.88. The number of pyridine rings is 1. The fourth-order valence-electron chi connectivity index (χ4n) is 3.12. The van der Waals surface area contributed by atoms with E-state index in [9.17, 15) is 4.79 Å². The molecule has 1 aliphatic rings. The van der Waals surface area contributed by atoms with Crippen molar-refractivity contribution in [1.29, 1.82) is 0 Å². The highest BCUT2D eigenvalue weighted by atomic mass is 16.5. The number of amides is 1. The second-order valence-electron chi connectivity index (χ2n) is 6.45. The van der Waals surface area contributed by atoms with Crippen molar-refractivity contribution < 1.29 is 9.53 Å². The van der Waals surface area contributed by atoms with E-state index in [1.807, 2.05) is 55.5 Å². The average Bonchev–Trinajstić information content (AvgIpc) is 3.45. The molecule has 1 aliphatic carbocycles. The van der Waals surface area contributed by atoms with Crippen LogP contribution in [-0.4, -0.2) is 24.0 Å². The van der Waals surface area contributed by atoms with E-state index in [4.69, 9.17) is 9.72 Å². The Hall–Kier alpha value is -2.88. The zero-order chi connectivity index (χ0) is 17.4. The van der Waals surface area contributed by atoms with Gasteiger partial charge in [-0.2, -0.15) is 0 Å². The van der Waals surface area contributed by atoms with E-state index in [0.717, 1.165) is 51.9 Å². The van der Waals surface area contributed by atoms with Crippen molar-refractivity contribution in [3.63, 3.8) is 0 Å². The fraction of sp³-hybridized carbons (Fsp3) is 0.238. The molecule has 126 valence electrons. The third-order valence-electron chi connectivity index (χ3n) is 4.64. The highest BCUT2D eigenvalue weighted by Crippen LogP contribution is 2.31. The monoisotopic (exact) mass is 332 g/mol. The Bertz CT molecular complexity index is 944. The van der Waals surface area contributed by atoms with Crippen LogP contribution in [0.3, 0.4) is 0 Å². The molecule has 4 nitrogen and oxygen atoms in total. The number of rotatable bonds is 4. The minimum atomic E-state index is -0.00615. The van der Waals surface area contributed by atoms with Crippen molar-refractivity contribution in [3.8, 4) is 17.0 Å². The topological polar surface area (TPSA) is 51.2 Å². The van der Waals surface area contributed by atoms with Gasteiger partial charge in [-0.3, -0.25) is 4.79 Å². The summed E-state index contributed by atoms with van der Waals surface area (Å²) < 4.78 is 5.23. The first-order valence-electron chi connectivity index (χ1n) is 8.52. The standard InChI is InChI=1S/C21H20N2O2/c1-13-19(21(24)22-15-9-10-15)17-5-3-4-6-18(17)23-20(13)14-7-11-16(25-2)12-8-14/h3-8,11-12,15H,9-10H2,1-2H3,(H,22,24). The van der Waals surface area contributed by atoms with Gasteiger partial charge in [0.05, 0.1) is 23.9 Å². The molecule has 0 radical (unpaired) electrons. The summed E-state index contributed by atoms with van der Waals surface area (Å²) in [5, 5.41) is 4.01. The number of fused-ring (bicyclic) bond motifs is 1. The second-order valence-corrected chi connectivity index (χ2v) is 6.45. The number of aromatic nitrogens is 1. The summed E-state index contributed by atoms with van der Waals surface area (Å²) in [5.74, 6) is 0.794. The molecule has 3 aromatic rings. The largest absolute Gasteiger partial charge is 0.497 e. The van der Waals surface area contributed by atoms with E-state index in [-0.39, 0.29) is 5.91 Å². The first-order chi connectivity index (χ1) is 12.2. The van der Waals surface area contributed by atoms with Crippen molar-refractivity contribution in [2.45, 2.75) is 25.8 Å². The van der Waals surface area contributed by atoms with E-state index in [1.165, 1.54) is 0 Å². The van der Waals surface area contributed by atoms with Crippen LogP contribution in [0, 0.1) is 6.92 Å². The molecule has 4 rings (SSSR count). The lowest BCUT2D eigenvalue weighted by molar-refractivity contribution is 0.0952.